The van der Waals surface area contributed by atoms with Crippen LogP contribution in [0.1, 0.15) is 44.6 Å². The first kappa shape index (κ1) is 29.2. The minimum Gasteiger partial charge on any atom is -0.352 e. The first-order valence-corrected chi connectivity index (χ1v) is 15.7. The highest BCUT2D eigenvalue weighted by Gasteiger charge is 2.34. The Labute approximate surface area is 240 Å². The van der Waals surface area contributed by atoms with Gasteiger partial charge >= 0.3 is 0 Å². The van der Waals surface area contributed by atoms with Crippen molar-refractivity contribution in [1.82, 2.24) is 10.2 Å². The summed E-state index contributed by atoms with van der Waals surface area (Å²) >= 11 is 12.9. The van der Waals surface area contributed by atoms with E-state index in [0.717, 1.165) is 41.6 Å². The van der Waals surface area contributed by atoms with Gasteiger partial charge in [0.2, 0.25) is 21.8 Å². The molecule has 0 saturated heterocycles. The first-order chi connectivity index (χ1) is 18.6. The summed E-state index contributed by atoms with van der Waals surface area (Å²) in [5, 5.41) is 5.36. The van der Waals surface area contributed by atoms with Crippen molar-refractivity contribution in [3.05, 3.63) is 76.3 Å². The van der Waals surface area contributed by atoms with Gasteiger partial charge in [-0.2, -0.15) is 0 Å². The molecule has 1 atom stereocenters. The van der Waals surface area contributed by atoms with Crippen molar-refractivity contribution in [2.24, 2.45) is 0 Å². The van der Waals surface area contributed by atoms with Crippen LogP contribution in [0.3, 0.4) is 0 Å². The molecule has 0 spiro atoms. The molecular weight excluding hydrogens is 557 g/mol. The van der Waals surface area contributed by atoms with Crippen LogP contribution in [0.4, 0.5) is 5.69 Å². The summed E-state index contributed by atoms with van der Waals surface area (Å²) in [4.78, 5) is 28.9. The Bertz CT molecular complexity index is 1430. The van der Waals surface area contributed by atoms with E-state index >= 15 is 0 Å². The fourth-order valence-corrected chi connectivity index (χ4v) is 6.54. The third-order valence-electron chi connectivity index (χ3n) is 7.19. The molecule has 1 aliphatic rings. The summed E-state index contributed by atoms with van der Waals surface area (Å²) in [5.41, 5.74) is 0.889. The summed E-state index contributed by atoms with van der Waals surface area (Å²) in [7, 11) is -3.87. The van der Waals surface area contributed by atoms with Crippen molar-refractivity contribution >= 4 is 61.5 Å². The van der Waals surface area contributed by atoms with Gasteiger partial charge in [0.1, 0.15) is 12.6 Å². The van der Waals surface area contributed by atoms with Gasteiger partial charge in [0.25, 0.3) is 0 Å². The molecule has 39 heavy (non-hydrogen) atoms. The molecule has 0 unspecified atom stereocenters. The lowest BCUT2D eigenvalue weighted by Gasteiger charge is -2.34. The molecule has 1 N–H and O–H groups in total. The number of fused-ring (bicyclic) bond motifs is 1. The van der Waals surface area contributed by atoms with Crippen LogP contribution in [0.15, 0.2) is 60.7 Å². The van der Waals surface area contributed by atoms with E-state index in [0.29, 0.717) is 33.1 Å². The van der Waals surface area contributed by atoms with Crippen LogP contribution >= 0.6 is 23.2 Å². The summed E-state index contributed by atoms with van der Waals surface area (Å²) in [5.74, 6) is -0.797. The van der Waals surface area contributed by atoms with Gasteiger partial charge < -0.3 is 10.2 Å². The Morgan fingerprint density at radius 3 is 2.23 bits per heavy atom. The highest BCUT2D eigenvalue weighted by Crippen LogP contribution is 2.30. The predicted molar refractivity (Wildman–Crippen MR) is 158 cm³/mol. The van der Waals surface area contributed by atoms with Crippen molar-refractivity contribution in [1.29, 1.82) is 0 Å². The van der Waals surface area contributed by atoms with Gasteiger partial charge in [0.15, 0.2) is 0 Å². The largest absolute Gasteiger partial charge is 0.352 e. The second-order valence-corrected chi connectivity index (χ2v) is 12.6. The van der Waals surface area contributed by atoms with Gasteiger partial charge in [0.05, 0.1) is 11.9 Å². The molecule has 3 aromatic carbocycles. The molecular formula is C29H33Cl2N3O4S. The molecule has 0 heterocycles. The number of anilines is 1. The van der Waals surface area contributed by atoms with Crippen molar-refractivity contribution in [2.45, 2.75) is 57.7 Å². The number of sulfonamides is 1. The Morgan fingerprint density at radius 2 is 1.59 bits per heavy atom. The number of hydrogen-bond donors (Lipinski definition) is 1. The zero-order valence-electron chi connectivity index (χ0n) is 22.1. The summed E-state index contributed by atoms with van der Waals surface area (Å²) < 4.78 is 27.2. The fraction of sp³-hybridized carbons (Fsp3) is 0.379. The zero-order valence-corrected chi connectivity index (χ0v) is 24.4. The SMILES string of the molecule is CC[C@H](C(=O)NC1CCCC1)N(Cc1c(Cl)cccc1Cl)C(=O)CN(c1cccc2ccccc12)S(C)(=O)=O. The van der Waals surface area contributed by atoms with E-state index in [4.69, 9.17) is 23.2 Å². The molecule has 1 saturated carbocycles. The minimum absolute atomic E-state index is 0.0406. The maximum absolute atomic E-state index is 14.0. The summed E-state index contributed by atoms with van der Waals surface area (Å²) in [6.45, 7) is 1.30. The quantitative estimate of drug-likeness (QED) is 0.325. The number of hydrogen-bond acceptors (Lipinski definition) is 4. The molecule has 3 aromatic rings. The van der Waals surface area contributed by atoms with Crippen LogP contribution in [0, 0.1) is 0 Å². The fourth-order valence-electron chi connectivity index (χ4n) is 5.16. The molecule has 7 nitrogen and oxygen atoms in total. The zero-order chi connectivity index (χ0) is 28.2. The van der Waals surface area contributed by atoms with Gasteiger partial charge in [-0.3, -0.25) is 13.9 Å². The predicted octanol–water partition coefficient (Wildman–Crippen LogP) is 5.78. The molecule has 0 bridgehead atoms. The van der Waals surface area contributed by atoms with Crippen molar-refractivity contribution in [2.75, 3.05) is 17.1 Å². The van der Waals surface area contributed by atoms with Gasteiger partial charge in [-0.05, 0) is 42.8 Å². The van der Waals surface area contributed by atoms with Crippen LogP contribution in [0.2, 0.25) is 10.0 Å². The Hall–Kier alpha value is -2.81. The second-order valence-electron chi connectivity index (χ2n) is 9.90. The Balaban J connectivity index is 1.72. The molecule has 4 rings (SSSR count). The van der Waals surface area contributed by atoms with E-state index in [-0.39, 0.29) is 18.5 Å². The maximum atomic E-state index is 14.0. The molecule has 0 radical (unpaired) electrons. The lowest BCUT2D eigenvalue weighted by atomic mass is 10.1. The molecule has 208 valence electrons. The maximum Gasteiger partial charge on any atom is 0.244 e. The second kappa shape index (κ2) is 12.6. The van der Waals surface area contributed by atoms with Gasteiger partial charge in [0, 0.05) is 33.6 Å². The van der Waals surface area contributed by atoms with E-state index < -0.39 is 28.5 Å². The number of amides is 2. The van der Waals surface area contributed by atoms with Crippen molar-refractivity contribution in [3.63, 3.8) is 0 Å². The van der Waals surface area contributed by atoms with Crippen LogP contribution in [-0.4, -0.2) is 50.0 Å². The number of nitrogens with one attached hydrogen (secondary N) is 1. The van der Waals surface area contributed by atoms with E-state index in [1.807, 2.05) is 37.3 Å². The standard InChI is InChI=1S/C29H33Cl2N3O4S/c1-3-26(29(36)32-21-12-5-6-13-21)33(18-23-24(30)15-9-16-25(23)31)28(35)19-34(39(2,37)38)27-17-8-11-20-10-4-7-14-22(20)27/h4,7-11,14-17,21,26H,3,5-6,12-13,18-19H2,1-2H3,(H,32,36)/t26-/m1/s1. The number of benzene rings is 3. The van der Waals surface area contributed by atoms with Crippen LogP contribution < -0.4 is 9.62 Å². The number of rotatable bonds is 10. The molecule has 1 aliphatic carbocycles. The van der Waals surface area contributed by atoms with E-state index in [1.54, 1.807) is 30.3 Å². The lowest BCUT2D eigenvalue weighted by molar-refractivity contribution is -0.140. The first-order valence-electron chi connectivity index (χ1n) is 13.1. The molecule has 1 fully saturated rings. The van der Waals surface area contributed by atoms with E-state index in [1.165, 1.54) is 4.90 Å². The Kier molecular flexibility index (Phi) is 9.41. The Morgan fingerprint density at radius 1 is 0.974 bits per heavy atom. The topological polar surface area (TPSA) is 86.8 Å². The van der Waals surface area contributed by atoms with Gasteiger partial charge in [-0.15, -0.1) is 0 Å². The molecule has 0 aromatic heterocycles. The normalized spacial score (nSPS) is 14.8. The average molecular weight is 591 g/mol. The molecule has 10 heteroatoms. The van der Waals surface area contributed by atoms with Crippen LogP contribution in [0.5, 0.6) is 0 Å². The lowest BCUT2D eigenvalue weighted by Crippen LogP contribution is -2.53. The third-order valence-corrected chi connectivity index (χ3v) is 9.03. The summed E-state index contributed by atoms with van der Waals surface area (Å²) in [6.07, 6.45) is 5.30. The van der Waals surface area contributed by atoms with Crippen molar-refractivity contribution < 1.29 is 18.0 Å². The number of halogens is 2. The monoisotopic (exact) mass is 589 g/mol. The van der Waals surface area contributed by atoms with Crippen LogP contribution in [-0.2, 0) is 26.2 Å². The van der Waals surface area contributed by atoms with Gasteiger partial charge in [-0.25, -0.2) is 8.42 Å². The average Bonchev–Trinajstić information content (AvgIpc) is 3.41. The van der Waals surface area contributed by atoms with Gasteiger partial charge in [-0.1, -0.05) is 85.4 Å². The minimum atomic E-state index is -3.87. The van der Waals surface area contributed by atoms with E-state index in [2.05, 4.69) is 5.32 Å². The third kappa shape index (κ3) is 6.86. The number of carbonyl (C=O) groups is 2. The number of nitrogens with zero attached hydrogens (tertiary/aromatic N) is 2. The molecule has 0 aliphatic heterocycles. The highest BCUT2D eigenvalue weighted by atomic mass is 35.5. The molecule has 2 amide bonds. The highest BCUT2D eigenvalue weighted by molar-refractivity contribution is 7.92. The van der Waals surface area contributed by atoms with Crippen molar-refractivity contribution in [3.8, 4) is 0 Å². The van der Waals surface area contributed by atoms with E-state index in [9.17, 15) is 18.0 Å². The smallest absolute Gasteiger partial charge is 0.244 e. The van der Waals surface area contributed by atoms with Crippen LogP contribution in [0.25, 0.3) is 10.8 Å². The summed E-state index contributed by atoms with van der Waals surface area (Å²) in [6, 6.07) is 17.0. The number of carbonyl (C=O) groups excluding carboxylic acids is 2.